The molecule has 0 aliphatic carbocycles. The van der Waals surface area contributed by atoms with E-state index in [0.29, 0.717) is 5.69 Å². The van der Waals surface area contributed by atoms with Gasteiger partial charge in [-0.25, -0.2) is 14.1 Å². The molecule has 1 heterocycles. The number of carbonyl (C=O) groups is 3. The quantitative estimate of drug-likeness (QED) is 0.607. The zero-order valence-corrected chi connectivity index (χ0v) is 15.8. The molecule has 28 heavy (non-hydrogen) atoms. The van der Waals surface area contributed by atoms with E-state index >= 15 is 0 Å². The standard InChI is InChI=1S/C20H16ClFN2O4/c1-11(2)28-20(27)12-4-3-5-15(10-12)24-18(25)16(21)17(19(24)26)23-14-8-6-13(22)7-9-14/h3-11,23H,1-2H3. The summed E-state index contributed by atoms with van der Waals surface area (Å²) >= 11 is 6.06. The number of imide groups is 1. The summed E-state index contributed by atoms with van der Waals surface area (Å²) in [4.78, 5) is 38.2. The molecule has 3 rings (SSSR count). The molecule has 0 atom stereocenters. The smallest absolute Gasteiger partial charge is 0.338 e. The Bertz CT molecular complexity index is 986. The first-order chi connectivity index (χ1) is 13.3. The lowest BCUT2D eigenvalue weighted by Gasteiger charge is -2.16. The lowest BCUT2D eigenvalue weighted by molar-refractivity contribution is -0.120. The minimum atomic E-state index is -0.731. The Morgan fingerprint density at radius 3 is 2.43 bits per heavy atom. The number of benzene rings is 2. The fraction of sp³-hybridized carbons (Fsp3) is 0.150. The number of carbonyl (C=O) groups excluding carboxylic acids is 3. The highest BCUT2D eigenvalue weighted by Crippen LogP contribution is 2.30. The van der Waals surface area contributed by atoms with Crippen molar-refractivity contribution in [2.75, 3.05) is 10.2 Å². The first kappa shape index (κ1) is 19.6. The van der Waals surface area contributed by atoms with Gasteiger partial charge in [0.15, 0.2) is 0 Å². The van der Waals surface area contributed by atoms with Gasteiger partial charge >= 0.3 is 5.97 Å². The summed E-state index contributed by atoms with van der Waals surface area (Å²) in [6.07, 6.45) is -0.311. The maximum atomic E-state index is 13.0. The second-order valence-corrected chi connectivity index (χ2v) is 6.65. The van der Waals surface area contributed by atoms with Crippen LogP contribution in [0.3, 0.4) is 0 Å². The minimum Gasteiger partial charge on any atom is -0.459 e. The van der Waals surface area contributed by atoms with E-state index in [2.05, 4.69) is 5.32 Å². The summed E-state index contributed by atoms with van der Waals surface area (Å²) in [6, 6.07) is 11.2. The minimum absolute atomic E-state index is 0.131. The van der Waals surface area contributed by atoms with Gasteiger partial charge in [-0.3, -0.25) is 9.59 Å². The Hall–Kier alpha value is -3.19. The Morgan fingerprint density at radius 2 is 1.79 bits per heavy atom. The number of anilines is 2. The van der Waals surface area contributed by atoms with E-state index in [1.54, 1.807) is 13.8 Å². The fourth-order valence-corrected chi connectivity index (χ4v) is 2.79. The summed E-state index contributed by atoms with van der Waals surface area (Å²) < 4.78 is 18.2. The molecule has 2 amide bonds. The second-order valence-electron chi connectivity index (χ2n) is 6.27. The van der Waals surface area contributed by atoms with E-state index in [9.17, 15) is 18.8 Å². The number of amides is 2. The molecule has 0 saturated carbocycles. The third-order valence-electron chi connectivity index (χ3n) is 3.82. The number of nitrogens with zero attached hydrogens (tertiary/aromatic N) is 1. The van der Waals surface area contributed by atoms with Crippen molar-refractivity contribution >= 4 is 40.8 Å². The molecule has 144 valence electrons. The molecule has 2 aromatic carbocycles. The number of hydrogen-bond donors (Lipinski definition) is 1. The van der Waals surface area contributed by atoms with Gasteiger partial charge < -0.3 is 10.1 Å². The van der Waals surface area contributed by atoms with Gasteiger partial charge in [0.25, 0.3) is 11.8 Å². The molecule has 0 aromatic heterocycles. The van der Waals surface area contributed by atoms with Crippen LogP contribution in [0.4, 0.5) is 15.8 Å². The van der Waals surface area contributed by atoms with Gasteiger partial charge in [0.2, 0.25) is 0 Å². The summed E-state index contributed by atoms with van der Waals surface area (Å²) in [7, 11) is 0. The van der Waals surface area contributed by atoms with Gasteiger partial charge in [-0.15, -0.1) is 0 Å². The van der Waals surface area contributed by atoms with Crippen molar-refractivity contribution in [1.82, 2.24) is 0 Å². The van der Waals surface area contributed by atoms with Gasteiger partial charge in [0.1, 0.15) is 16.5 Å². The van der Waals surface area contributed by atoms with Crippen molar-refractivity contribution in [2.24, 2.45) is 0 Å². The number of nitrogens with one attached hydrogen (secondary N) is 1. The average molecular weight is 403 g/mol. The number of ether oxygens (including phenoxy) is 1. The molecular weight excluding hydrogens is 387 g/mol. The molecule has 0 saturated heterocycles. The topological polar surface area (TPSA) is 75.7 Å². The highest BCUT2D eigenvalue weighted by Gasteiger charge is 2.39. The van der Waals surface area contributed by atoms with Gasteiger partial charge in [0.05, 0.1) is 17.4 Å². The average Bonchev–Trinajstić information content (AvgIpc) is 2.86. The first-order valence-electron chi connectivity index (χ1n) is 8.40. The molecule has 8 heteroatoms. The highest BCUT2D eigenvalue weighted by molar-refractivity contribution is 6.53. The van der Waals surface area contributed by atoms with Crippen LogP contribution in [0.15, 0.2) is 59.3 Å². The van der Waals surface area contributed by atoms with Crippen molar-refractivity contribution in [3.63, 3.8) is 0 Å². The first-order valence-corrected chi connectivity index (χ1v) is 8.78. The zero-order valence-electron chi connectivity index (χ0n) is 15.0. The van der Waals surface area contributed by atoms with Crippen LogP contribution < -0.4 is 10.2 Å². The molecular formula is C20H16ClFN2O4. The molecule has 2 aromatic rings. The Balaban J connectivity index is 1.87. The number of rotatable bonds is 5. The highest BCUT2D eigenvalue weighted by atomic mass is 35.5. The predicted molar refractivity (Wildman–Crippen MR) is 102 cm³/mol. The normalized spacial score (nSPS) is 14.1. The van der Waals surface area contributed by atoms with E-state index in [1.165, 1.54) is 48.5 Å². The Labute approximate surface area is 165 Å². The van der Waals surface area contributed by atoms with Crippen LogP contribution >= 0.6 is 11.6 Å². The number of esters is 1. The van der Waals surface area contributed by atoms with Crippen molar-refractivity contribution in [3.8, 4) is 0 Å². The second kappa shape index (κ2) is 7.82. The van der Waals surface area contributed by atoms with Crippen LogP contribution in [0, 0.1) is 5.82 Å². The van der Waals surface area contributed by atoms with Crippen LogP contribution in [0.1, 0.15) is 24.2 Å². The zero-order chi connectivity index (χ0) is 20.4. The number of hydrogen-bond acceptors (Lipinski definition) is 5. The molecule has 0 spiro atoms. The SMILES string of the molecule is CC(C)OC(=O)c1cccc(N2C(=O)C(Cl)=C(Nc3ccc(F)cc3)C2=O)c1. The molecule has 6 nitrogen and oxygen atoms in total. The Kier molecular flexibility index (Phi) is 5.46. The summed E-state index contributed by atoms with van der Waals surface area (Å²) in [5.41, 5.74) is 0.644. The summed E-state index contributed by atoms with van der Waals surface area (Å²) in [5, 5.41) is 2.44. The van der Waals surface area contributed by atoms with Gasteiger partial charge in [-0.1, -0.05) is 17.7 Å². The van der Waals surface area contributed by atoms with E-state index in [-0.39, 0.29) is 28.1 Å². The van der Waals surface area contributed by atoms with Gasteiger partial charge in [-0.05, 0) is 56.3 Å². The van der Waals surface area contributed by atoms with Crippen molar-refractivity contribution < 1.29 is 23.5 Å². The lowest BCUT2D eigenvalue weighted by Crippen LogP contribution is -2.32. The molecule has 0 radical (unpaired) electrons. The maximum absolute atomic E-state index is 13.0. The molecule has 1 aliphatic heterocycles. The Morgan fingerprint density at radius 1 is 1.11 bits per heavy atom. The van der Waals surface area contributed by atoms with Crippen LogP contribution in [0.25, 0.3) is 0 Å². The van der Waals surface area contributed by atoms with Gasteiger partial charge in [-0.2, -0.15) is 0 Å². The van der Waals surface area contributed by atoms with E-state index in [0.717, 1.165) is 4.90 Å². The van der Waals surface area contributed by atoms with Crippen LogP contribution in [-0.2, 0) is 14.3 Å². The largest absolute Gasteiger partial charge is 0.459 e. The van der Waals surface area contributed by atoms with Crippen molar-refractivity contribution in [2.45, 2.75) is 20.0 Å². The monoisotopic (exact) mass is 402 g/mol. The third kappa shape index (κ3) is 3.89. The molecule has 0 unspecified atom stereocenters. The van der Waals surface area contributed by atoms with Crippen molar-refractivity contribution in [3.05, 3.63) is 70.6 Å². The van der Waals surface area contributed by atoms with Crippen LogP contribution in [0.2, 0.25) is 0 Å². The summed E-state index contributed by atoms with van der Waals surface area (Å²) in [5.74, 6) is -2.43. The van der Waals surface area contributed by atoms with Crippen LogP contribution in [-0.4, -0.2) is 23.9 Å². The maximum Gasteiger partial charge on any atom is 0.338 e. The molecule has 1 aliphatic rings. The van der Waals surface area contributed by atoms with E-state index in [4.69, 9.17) is 16.3 Å². The van der Waals surface area contributed by atoms with E-state index in [1.807, 2.05) is 0 Å². The van der Waals surface area contributed by atoms with Gasteiger partial charge in [0, 0.05) is 5.69 Å². The van der Waals surface area contributed by atoms with Crippen LogP contribution in [0.5, 0.6) is 0 Å². The van der Waals surface area contributed by atoms with E-state index < -0.39 is 23.6 Å². The lowest BCUT2D eigenvalue weighted by atomic mass is 10.2. The third-order valence-corrected chi connectivity index (χ3v) is 4.17. The fourth-order valence-electron chi connectivity index (χ4n) is 2.58. The molecule has 0 bridgehead atoms. The molecule has 0 fully saturated rings. The number of halogens is 2. The van der Waals surface area contributed by atoms with Crippen molar-refractivity contribution in [1.29, 1.82) is 0 Å². The predicted octanol–water partition coefficient (Wildman–Crippen LogP) is 3.83. The molecule has 1 N–H and O–H groups in total. The summed E-state index contributed by atoms with van der Waals surface area (Å²) in [6.45, 7) is 3.43.